The van der Waals surface area contributed by atoms with Crippen molar-refractivity contribution in [2.24, 2.45) is 0 Å². The lowest BCUT2D eigenvalue weighted by Gasteiger charge is -2.07. The molecule has 28 heavy (non-hydrogen) atoms. The molecule has 0 bridgehead atoms. The fourth-order valence-corrected chi connectivity index (χ4v) is 4.96. The topological polar surface area (TPSA) is 59.8 Å². The molecule has 0 aliphatic heterocycles. The summed E-state index contributed by atoms with van der Waals surface area (Å²) in [6, 6.07) is 12.6. The zero-order valence-electron chi connectivity index (χ0n) is 16.1. The molecule has 5 nitrogen and oxygen atoms in total. The monoisotopic (exact) mass is 432 g/mol. The van der Waals surface area contributed by atoms with Gasteiger partial charge < -0.3 is 9.88 Å². The highest BCUT2D eigenvalue weighted by Gasteiger charge is 2.15. The van der Waals surface area contributed by atoms with Crippen LogP contribution in [0.1, 0.15) is 18.1 Å². The summed E-state index contributed by atoms with van der Waals surface area (Å²) in [6.07, 6.45) is 0. The average molecular weight is 433 g/mol. The Labute approximate surface area is 178 Å². The van der Waals surface area contributed by atoms with Crippen molar-refractivity contribution in [2.75, 3.05) is 18.1 Å². The van der Waals surface area contributed by atoms with E-state index in [9.17, 15) is 4.79 Å². The van der Waals surface area contributed by atoms with Gasteiger partial charge in [-0.25, -0.2) is 0 Å². The van der Waals surface area contributed by atoms with Crippen LogP contribution in [0.3, 0.4) is 0 Å². The molecule has 8 heteroatoms. The van der Waals surface area contributed by atoms with Crippen molar-refractivity contribution >= 4 is 40.8 Å². The number of carbonyl (C=O) groups is 1. The van der Waals surface area contributed by atoms with Crippen LogP contribution in [0.25, 0.3) is 10.7 Å². The standard InChI is InChI=1S/C20H24N4OS3/c1-3-24-19(17-5-4-11-27-17)22-23-20(24)28-14-18(25)21-10-12-26-13-16-8-6-15(2)7-9-16/h4-9,11H,3,10,12-14H2,1-2H3,(H,21,25). The van der Waals surface area contributed by atoms with Crippen LogP contribution >= 0.6 is 34.9 Å². The molecule has 0 aliphatic carbocycles. The Kier molecular flexibility index (Phi) is 8.00. The van der Waals surface area contributed by atoms with Crippen molar-refractivity contribution in [1.82, 2.24) is 20.1 Å². The Morgan fingerprint density at radius 2 is 2.04 bits per heavy atom. The third kappa shape index (κ3) is 5.86. The van der Waals surface area contributed by atoms with Crippen molar-refractivity contribution in [3.05, 3.63) is 52.9 Å². The summed E-state index contributed by atoms with van der Waals surface area (Å²) in [4.78, 5) is 13.2. The van der Waals surface area contributed by atoms with Gasteiger partial charge in [0.05, 0.1) is 10.6 Å². The van der Waals surface area contributed by atoms with Crippen LogP contribution in [0.15, 0.2) is 46.9 Å². The molecule has 1 amide bonds. The zero-order valence-corrected chi connectivity index (χ0v) is 18.5. The van der Waals surface area contributed by atoms with Crippen LogP contribution in [-0.2, 0) is 17.1 Å². The number of thioether (sulfide) groups is 2. The van der Waals surface area contributed by atoms with Gasteiger partial charge in [0, 0.05) is 24.6 Å². The first kappa shape index (κ1) is 21.0. The van der Waals surface area contributed by atoms with E-state index in [0.29, 0.717) is 12.3 Å². The highest BCUT2D eigenvalue weighted by atomic mass is 32.2. The zero-order chi connectivity index (χ0) is 19.8. The van der Waals surface area contributed by atoms with Crippen LogP contribution < -0.4 is 5.32 Å². The molecule has 0 aliphatic rings. The van der Waals surface area contributed by atoms with E-state index < -0.39 is 0 Å². The first-order valence-electron chi connectivity index (χ1n) is 9.17. The number of nitrogens with zero attached hydrogens (tertiary/aromatic N) is 3. The molecule has 0 radical (unpaired) electrons. The Balaban J connectivity index is 1.38. The number of nitrogens with one attached hydrogen (secondary N) is 1. The highest BCUT2D eigenvalue weighted by Crippen LogP contribution is 2.27. The van der Waals surface area contributed by atoms with Gasteiger partial charge in [0.2, 0.25) is 5.91 Å². The third-order valence-electron chi connectivity index (χ3n) is 4.06. The average Bonchev–Trinajstić information content (AvgIpc) is 3.36. The van der Waals surface area contributed by atoms with Gasteiger partial charge in [-0.2, -0.15) is 11.8 Å². The number of aromatic nitrogens is 3. The van der Waals surface area contributed by atoms with E-state index in [1.54, 1.807) is 11.3 Å². The maximum absolute atomic E-state index is 12.1. The molecular formula is C20H24N4OS3. The first-order chi connectivity index (χ1) is 13.7. The number of benzene rings is 1. The molecule has 2 heterocycles. The molecule has 0 saturated heterocycles. The van der Waals surface area contributed by atoms with Gasteiger partial charge in [0.25, 0.3) is 0 Å². The smallest absolute Gasteiger partial charge is 0.230 e. The Hall–Kier alpha value is -1.77. The SMILES string of the molecule is CCn1c(SCC(=O)NCCSCc2ccc(C)cc2)nnc1-c1cccs1. The third-order valence-corrected chi connectivity index (χ3v) is 6.93. The van der Waals surface area contributed by atoms with E-state index in [4.69, 9.17) is 0 Å². The van der Waals surface area contributed by atoms with Crippen molar-refractivity contribution in [3.63, 3.8) is 0 Å². The number of amides is 1. The summed E-state index contributed by atoms with van der Waals surface area (Å²) < 4.78 is 2.06. The molecule has 3 aromatic rings. The molecule has 148 valence electrons. The van der Waals surface area contributed by atoms with Gasteiger partial charge >= 0.3 is 0 Å². The van der Waals surface area contributed by atoms with Gasteiger partial charge in [-0.1, -0.05) is 47.7 Å². The maximum atomic E-state index is 12.1. The predicted molar refractivity (Wildman–Crippen MR) is 120 cm³/mol. The molecule has 0 spiro atoms. The minimum atomic E-state index is 0.0317. The highest BCUT2D eigenvalue weighted by molar-refractivity contribution is 7.99. The Bertz CT molecular complexity index is 876. The second-order valence-corrected chi connectivity index (χ2v) is 9.20. The summed E-state index contributed by atoms with van der Waals surface area (Å²) in [7, 11) is 0. The summed E-state index contributed by atoms with van der Waals surface area (Å²) in [6.45, 7) is 5.61. The Morgan fingerprint density at radius 3 is 2.75 bits per heavy atom. The van der Waals surface area contributed by atoms with Crippen molar-refractivity contribution in [3.8, 4) is 10.7 Å². The number of hydrogen-bond acceptors (Lipinski definition) is 6. The fourth-order valence-electron chi connectivity index (χ4n) is 2.59. The van der Waals surface area contributed by atoms with Crippen LogP contribution in [0.4, 0.5) is 0 Å². The molecule has 3 rings (SSSR count). The lowest BCUT2D eigenvalue weighted by atomic mass is 10.2. The van der Waals surface area contributed by atoms with Crippen LogP contribution in [-0.4, -0.2) is 38.7 Å². The minimum absolute atomic E-state index is 0.0317. The minimum Gasteiger partial charge on any atom is -0.355 e. The summed E-state index contributed by atoms with van der Waals surface area (Å²) in [5.74, 6) is 3.12. The molecule has 2 aromatic heterocycles. The number of hydrogen-bond donors (Lipinski definition) is 1. The van der Waals surface area contributed by atoms with Crippen molar-refractivity contribution < 1.29 is 4.79 Å². The van der Waals surface area contributed by atoms with Crippen molar-refractivity contribution in [1.29, 1.82) is 0 Å². The van der Waals surface area contributed by atoms with Crippen molar-refractivity contribution in [2.45, 2.75) is 31.3 Å². The number of aryl methyl sites for hydroxylation is 1. The van der Waals surface area contributed by atoms with Gasteiger partial charge in [-0.3, -0.25) is 4.79 Å². The van der Waals surface area contributed by atoms with E-state index in [0.717, 1.165) is 33.9 Å². The lowest BCUT2D eigenvalue weighted by Crippen LogP contribution is -2.27. The van der Waals surface area contributed by atoms with Crippen LogP contribution in [0.5, 0.6) is 0 Å². The lowest BCUT2D eigenvalue weighted by molar-refractivity contribution is -0.118. The summed E-state index contributed by atoms with van der Waals surface area (Å²) >= 11 is 4.91. The normalized spacial score (nSPS) is 10.9. The van der Waals surface area contributed by atoms with E-state index >= 15 is 0 Å². The molecule has 0 unspecified atom stereocenters. The molecular weight excluding hydrogens is 408 g/mol. The van der Waals surface area contributed by atoms with Gasteiger partial charge in [0.15, 0.2) is 11.0 Å². The fraction of sp³-hybridized carbons (Fsp3) is 0.350. The van der Waals surface area contributed by atoms with Gasteiger partial charge in [0.1, 0.15) is 0 Å². The largest absolute Gasteiger partial charge is 0.355 e. The first-order valence-corrected chi connectivity index (χ1v) is 12.2. The second kappa shape index (κ2) is 10.7. The van der Waals surface area contributed by atoms with E-state index in [2.05, 4.69) is 58.2 Å². The molecule has 0 saturated carbocycles. The molecule has 0 fully saturated rings. The van der Waals surface area contributed by atoms with Crippen LogP contribution in [0.2, 0.25) is 0 Å². The van der Waals surface area contributed by atoms with E-state index in [1.807, 2.05) is 29.3 Å². The number of thiophene rings is 1. The van der Waals surface area contributed by atoms with Crippen LogP contribution in [0, 0.1) is 6.92 Å². The number of carbonyl (C=O) groups excluding carboxylic acids is 1. The van der Waals surface area contributed by atoms with Gasteiger partial charge in [-0.05, 0) is 30.9 Å². The predicted octanol–water partition coefficient (Wildman–Crippen LogP) is 4.48. The van der Waals surface area contributed by atoms with E-state index in [1.165, 1.54) is 22.9 Å². The molecule has 0 atom stereocenters. The summed E-state index contributed by atoms with van der Waals surface area (Å²) in [5, 5.41) is 14.4. The van der Waals surface area contributed by atoms with E-state index in [-0.39, 0.29) is 5.91 Å². The second-order valence-electron chi connectivity index (χ2n) is 6.20. The van der Waals surface area contributed by atoms with Gasteiger partial charge in [-0.15, -0.1) is 21.5 Å². The Morgan fingerprint density at radius 1 is 1.21 bits per heavy atom. The molecule has 1 aromatic carbocycles. The summed E-state index contributed by atoms with van der Waals surface area (Å²) in [5.41, 5.74) is 2.60. The maximum Gasteiger partial charge on any atom is 0.230 e. The quantitative estimate of drug-likeness (QED) is 0.378. The number of rotatable bonds is 10. The molecule has 1 N–H and O–H groups in total.